The van der Waals surface area contributed by atoms with Crippen LogP contribution in [0.25, 0.3) is 0 Å². The van der Waals surface area contributed by atoms with Crippen molar-refractivity contribution in [3.63, 3.8) is 0 Å². The normalized spacial score (nSPS) is 45.3. The first-order chi connectivity index (χ1) is 8.72. The quantitative estimate of drug-likeness (QED) is 0.833. The summed E-state index contributed by atoms with van der Waals surface area (Å²) in [4.78, 5) is 2.63. The summed E-state index contributed by atoms with van der Waals surface area (Å²) in [5, 5.41) is 3.78. The van der Waals surface area contributed by atoms with Crippen molar-refractivity contribution >= 4 is 0 Å². The van der Waals surface area contributed by atoms with Crippen LogP contribution in [0.5, 0.6) is 0 Å². The molecule has 0 spiro atoms. The van der Waals surface area contributed by atoms with Crippen molar-refractivity contribution in [1.82, 2.24) is 10.2 Å². The molecule has 0 aromatic rings. The number of hydrogen-bond acceptors (Lipinski definition) is 3. The molecule has 0 saturated carbocycles. The van der Waals surface area contributed by atoms with Gasteiger partial charge in [0, 0.05) is 24.7 Å². The predicted octanol–water partition coefficient (Wildman–Crippen LogP) is 2.16. The Labute approximate surface area is 111 Å². The van der Waals surface area contributed by atoms with E-state index < -0.39 is 0 Å². The molecule has 4 unspecified atom stereocenters. The monoisotopic (exact) mass is 252 g/mol. The molecule has 2 bridgehead atoms. The number of piperidine rings is 2. The van der Waals surface area contributed by atoms with Crippen LogP contribution in [-0.4, -0.2) is 48.8 Å². The maximum atomic E-state index is 5.89. The highest BCUT2D eigenvalue weighted by Gasteiger charge is 2.36. The Morgan fingerprint density at radius 2 is 1.83 bits per heavy atom. The second-order valence-corrected chi connectivity index (χ2v) is 6.63. The zero-order valence-corrected chi connectivity index (χ0v) is 11.9. The second-order valence-electron chi connectivity index (χ2n) is 6.63. The summed E-state index contributed by atoms with van der Waals surface area (Å²) in [5.74, 6) is 0. The third-order valence-electron chi connectivity index (χ3n) is 5.29. The Kier molecular flexibility index (Phi) is 3.92. The molecular formula is C15H28N2O. The van der Waals surface area contributed by atoms with Gasteiger partial charge in [-0.1, -0.05) is 6.42 Å². The summed E-state index contributed by atoms with van der Waals surface area (Å²) in [5.41, 5.74) is 0. The minimum Gasteiger partial charge on any atom is -0.374 e. The van der Waals surface area contributed by atoms with Crippen molar-refractivity contribution in [1.29, 1.82) is 0 Å². The molecule has 1 N–H and O–H groups in total. The van der Waals surface area contributed by atoms with E-state index in [2.05, 4.69) is 24.2 Å². The van der Waals surface area contributed by atoms with Gasteiger partial charge in [0.1, 0.15) is 0 Å². The molecule has 4 atom stereocenters. The van der Waals surface area contributed by atoms with Crippen molar-refractivity contribution < 1.29 is 4.74 Å². The number of hydrogen-bond donors (Lipinski definition) is 1. The first kappa shape index (κ1) is 12.9. The smallest absolute Gasteiger partial charge is 0.0704 e. The van der Waals surface area contributed by atoms with Crippen LogP contribution in [0.2, 0.25) is 0 Å². The van der Waals surface area contributed by atoms with Crippen LogP contribution in [0.3, 0.4) is 0 Å². The first-order valence-corrected chi connectivity index (χ1v) is 7.83. The molecule has 3 heteroatoms. The molecule has 3 rings (SSSR count). The van der Waals surface area contributed by atoms with Crippen molar-refractivity contribution in [2.45, 2.75) is 82.2 Å². The van der Waals surface area contributed by atoms with E-state index in [9.17, 15) is 0 Å². The van der Waals surface area contributed by atoms with Gasteiger partial charge < -0.3 is 15.0 Å². The molecule has 3 aliphatic heterocycles. The molecule has 0 aliphatic carbocycles. The van der Waals surface area contributed by atoms with Gasteiger partial charge >= 0.3 is 0 Å². The van der Waals surface area contributed by atoms with Crippen LogP contribution in [0, 0.1) is 0 Å². The SMILES string of the molecule is CC1CCC(CNC2CC3CCCC(C2)N3C)O1. The summed E-state index contributed by atoms with van der Waals surface area (Å²) >= 11 is 0. The number of rotatable bonds is 3. The molecule has 3 nitrogen and oxygen atoms in total. The summed E-state index contributed by atoms with van der Waals surface area (Å²) in [6.07, 6.45) is 10.4. The zero-order chi connectivity index (χ0) is 12.5. The van der Waals surface area contributed by atoms with E-state index >= 15 is 0 Å². The molecule has 3 saturated heterocycles. The largest absolute Gasteiger partial charge is 0.374 e. The van der Waals surface area contributed by atoms with Crippen LogP contribution in [0.15, 0.2) is 0 Å². The lowest BCUT2D eigenvalue weighted by molar-refractivity contribution is 0.0322. The van der Waals surface area contributed by atoms with Crippen molar-refractivity contribution in [3.05, 3.63) is 0 Å². The van der Waals surface area contributed by atoms with Crippen molar-refractivity contribution in [3.8, 4) is 0 Å². The Hall–Kier alpha value is -0.120. The van der Waals surface area contributed by atoms with Crippen molar-refractivity contribution in [2.24, 2.45) is 0 Å². The van der Waals surface area contributed by atoms with Gasteiger partial charge in [0.15, 0.2) is 0 Å². The van der Waals surface area contributed by atoms with E-state index in [1.54, 1.807) is 0 Å². The number of nitrogens with one attached hydrogen (secondary N) is 1. The van der Waals surface area contributed by atoms with E-state index in [0.29, 0.717) is 12.2 Å². The van der Waals surface area contributed by atoms with Gasteiger partial charge in [-0.2, -0.15) is 0 Å². The lowest BCUT2D eigenvalue weighted by atomic mass is 9.82. The van der Waals surface area contributed by atoms with Crippen LogP contribution in [0.4, 0.5) is 0 Å². The predicted molar refractivity (Wildman–Crippen MR) is 73.8 cm³/mol. The fraction of sp³-hybridized carbons (Fsp3) is 1.00. The van der Waals surface area contributed by atoms with Gasteiger partial charge in [-0.05, 0) is 52.5 Å². The Bertz CT molecular complexity index is 270. The Morgan fingerprint density at radius 1 is 1.11 bits per heavy atom. The molecule has 0 aromatic carbocycles. The molecule has 0 radical (unpaired) electrons. The molecule has 18 heavy (non-hydrogen) atoms. The van der Waals surface area contributed by atoms with Crippen LogP contribution < -0.4 is 5.32 Å². The van der Waals surface area contributed by atoms with Gasteiger partial charge in [0.2, 0.25) is 0 Å². The van der Waals surface area contributed by atoms with Gasteiger partial charge in [-0.15, -0.1) is 0 Å². The lowest BCUT2D eigenvalue weighted by Gasteiger charge is -2.47. The number of ether oxygens (including phenoxy) is 1. The van der Waals surface area contributed by atoms with Crippen molar-refractivity contribution in [2.75, 3.05) is 13.6 Å². The van der Waals surface area contributed by atoms with Gasteiger partial charge in [-0.25, -0.2) is 0 Å². The minimum absolute atomic E-state index is 0.472. The fourth-order valence-electron chi connectivity index (χ4n) is 4.12. The third kappa shape index (κ3) is 2.73. The highest BCUT2D eigenvalue weighted by Crippen LogP contribution is 2.32. The van der Waals surface area contributed by atoms with E-state index in [4.69, 9.17) is 4.74 Å². The highest BCUT2D eigenvalue weighted by atomic mass is 16.5. The van der Waals surface area contributed by atoms with Crippen LogP contribution in [-0.2, 0) is 4.74 Å². The zero-order valence-electron chi connectivity index (χ0n) is 11.9. The maximum Gasteiger partial charge on any atom is 0.0704 e. The Balaban J connectivity index is 1.46. The second kappa shape index (κ2) is 5.48. The van der Waals surface area contributed by atoms with Crippen LogP contribution >= 0.6 is 0 Å². The standard InChI is InChI=1S/C15H28N2O/c1-11-6-7-15(18-11)10-16-12-8-13-4-3-5-14(9-12)17(13)2/h11-16H,3-10H2,1-2H3. The van der Waals surface area contributed by atoms with E-state index in [1.165, 1.54) is 44.9 Å². The molecule has 0 amide bonds. The van der Waals surface area contributed by atoms with Gasteiger partial charge in [0.05, 0.1) is 12.2 Å². The maximum absolute atomic E-state index is 5.89. The van der Waals surface area contributed by atoms with E-state index in [1.807, 2.05) is 0 Å². The summed E-state index contributed by atoms with van der Waals surface area (Å²) in [6.45, 7) is 3.26. The molecule has 3 heterocycles. The van der Waals surface area contributed by atoms with Crippen LogP contribution in [0.1, 0.15) is 51.9 Å². The number of nitrogens with zero attached hydrogens (tertiary/aromatic N) is 1. The lowest BCUT2D eigenvalue weighted by Crippen LogP contribution is -2.55. The summed E-state index contributed by atoms with van der Waals surface area (Å²) in [6, 6.07) is 2.40. The van der Waals surface area contributed by atoms with Gasteiger partial charge in [0.25, 0.3) is 0 Å². The topological polar surface area (TPSA) is 24.5 Å². The molecule has 0 aromatic heterocycles. The average Bonchev–Trinajstić information content (AvgIpc) is 2.73. The molecular weight excluding hydrogens is 224 g/mol. The summed E-state index contributed by atoms with van der Waals surface area (Å²) in [7, 11) is 2.33. The average molecular weight is 252 g/mol. The van der Waals surface area contributed by atoms with Gasteiger partial charge in [-0.3, -0.25) is 0 Å². The fourth-order valence-corrected chi connectivity index (χ4v) is 4.12. The van der Waals surface area contributed by atoms with E-state index in [-0.39, 0.29) is 0 Å². The number of fused-ring (bicyclic) bond motifs is 2. The highest BCUT2D eigenvalue weighted by molar-refractivity contribution is 4.93. The minimum atomic E-state index is 0.472. The van der Waals surface area contributed by atoms with E-state index in [0.717, 1.165) is 24.7 Å². The third-order valence-corrected chi connectivity index (χ3v) is 5.29. The molecule has 3 fully saturated rings. The molecule has 3 aliphatic rings. The summed E-state index contributed by atoms with van der Waals surface area (Å²) < 4.78 is 5.89. The molecule has 104 valence electrons. The first-order valence-electron chi connectivity index (χ1n) is 7.83. The Morgan fingerprint density at radius 3 is 2.44 bits per heavy atom.